The second-order valence-corrected chi connectivity index (χ2v) is 11.6. The van der Waals surface area contributed by atoms with E-state index >= 15 is 0 Å². The van der Waals surface area contributed by atoms with Gasteiger partial charge in [-0.3, -0.25) is 9.48 Å². The molecule has 192 valence electrons. The number of nitrogens with zero attached hydrogens (tertiary/aromatic N) is 5. The molecule has 10 heteroatoms. The fraction of sp³-hybridized carbons (Fsp3) is 0.385. The normalized spacial score (nSPS) is 14.9. The molecule has 1 aliphatic heterocycles. The summed E-state index contributed by atoms with van der Waals surface area (Å²) in [5.74, 6) is -0.353. The molecule has 36 heavy (non-hydrogen) atoms. The second kappa shape index (κ2) is 10.6. The Balaban J connectivity index is 1.57. The van der Waals surface area contributed by atoms with Gasteiger partial charge in [-0.25, -0.2) is 8.42 Å². The van der Waals surface area contributed by atoms with E-state index in [1.54, 1.807) is 11.9 Å². The van der Waals surface area contributed by atoms with Gasteiger partial charge in [-0.1, -0.05) is 48.0 Å². The molecule has 1 amide bonds. The van der Waals surface area contributed by atoms with Crippen molar-refractivity contribution in [3.05, 3.63) is 76.4 Å². The van der Waals surface area contributed by atoms with E-state index in [1.807, 2.05) is 69.3 Å². The maximum absolute atomic E-state index is 13.7. The van der Waals surface area contributed by atoms with Gasteiger partial charge in [-0.2, -0.15) is 9.40 Å². The van der Waals surface area contributed by atoms with Crippen LogP contribution in [0.15, 0.2) is 59.8 Å². The molecule has 0 unspecified atom stereocenters. The summed E-state index contributed by atoms with van der Waals surface area (Å²) in [5.41, 5.74) is 3.15. The first-order valence-corrected chi connectivity index (χ1v) is 13.8. The molecule has 1 aliphatic rings. The molecule has 0 saturated carbocycles. The summed E-state index contributed by atoms with van der Waals surface area (Å²) in [6, 6.07) is 15.2. The van der Waals surface area contributed by atoms with Crippen LogP contribution in [0.4, 0.5) is 5.69 Å². The highest BCUT2D eigenvalue weighted by Gasteiger charge is 2.36. The van der Waals surface area contributed by atoms with Crippen molar-refractivity contribution < 1.29 is 13.2 Å². The number of hydrogen-bond acceptors (Lipinski definition) is 5. The highest BCUT2D eigenvalue weighted by Crippen LogP contribution is 2.28. The maximum Gasteiger partial charge on any atom is 0.263 e. The summed E-state index contributed by atoms with van der Waals surface area (Å²) in [6.07, 6.45) is 1.50. The Kier molecular flexibility index (Phi) is 7.73. The molecule has 0 N–H and O–H groups in total. The molecule has 8 nitrogen and oxygen atoms in total. The number of carbonyl (C=O) groups excluding carboxylic acids is 1. The number of amides is 1. The molecule has 2 aromatic carbocycles. The Labute approximate surface area is 218 Å². The average Bonchev–Trinajstić information content (AvgIpc) is 3.27. The lowest BCUT2D eigenvalue weighted by atomic mass is 10.1. The smallest absolute Gasteiger partial charge is 0.263 e. The summed E-state index contributed by atoms with van der Waals surface area (Å²) in [6.45, 7) is 7.84. The minimum absolute atomic E-state index is 0.0928. The van der Waals surface area contributed by atoms with E-state index in [9.17, 15) is 13.2 Å². The number of aromatic nitrogens is 2. The predicted molar refractivity (Wildman–Crippen MR) is 142 cm³/mol. The van der Waals surface area contributed by atoms with Crippen LogP contribution in [-0.4, -0.2) is 65.5 Å². The van der Waals surface area contributed by atoms with Gasteiger partial charge in [0, 0.05) is 62.7 Å². The van der Waals surface area contributed by atoms with E-state index in [1.165, 1.54) is 15.2 Å². The summed E-state index contributed by atoms with van der Waals surface area (Å²) < 4.78 is 30.2. The molecule has 1 saturated heterocycles. The molecule has 1 fully saturated rings. The largest absolute Gasteiger partial charge is 0.369 e. The van der Waals surface area contributed by atoms with E-state index < -0.39 is 10.0 Å². The molecule has 0 bridgehead atoms. The lowest BCUT2D eigenvalue weighted by molar-refractivity contribution is 0.0686. The number of sulfonamides is 1. The molecule has 0 aliphatic carbocycles. The van der Waals surface area contributed by atoms with Crippen molar-refractivity contribution in [3.8, 4) is 0 Å². The van der Waals surface area contributed by atoms with Crippen LogP contribution in [0.25, 0.3) is 0 Å². The second-order valence-electron chi connectivity index (χ2n) is 9.36. The summed E-state index contributed by atoms with van der Waals surface area (Å²) in [7, 11) is -2.34. The third kappa shape index (κ3) is 5.43. The van der Waals surface area contributed by atoms with Gasteiger partial charge in [0.05, 0.1) is 5.56 Å². The number of benzene rings is 2. The number of hydrogen-bond donors (Lipinski definition) is 0. The number of aryl methyl sites for hydroxylation is 2. The lowest BCUT2D eigenvalue weighted by Gasteiger charge is -2.36. The molecule has 3 aromatic rings. The van der Waals surface area contributed by atoms with Crippen LogP contribution in [-0.2, 0) is 23.6 Å². The zero-order valence-corrected chi connectivity index (χ0v) is 22.6. The monoisotopic (exact) mass is 529 g/mol. The molecule has 4 rings (SSSR count). The number of anilines is 1. The fourth-order valence-electron chi connectivity index (χ4n) is 4.44. The van der Waals surface area contributed by atoms with Crippen LogP contribution in [0, 0.1) is 6.92 Å². The van der Waals surface area contributed by atoms with E-state index in [0.717, 1.165) is 16.8 Å². The van der Waals surface area contributed by atoms with Crippen LogP contribution in [0.1, 0.15) is 35.3 Å². The highest BCUT2D eigenvalue weighted by atomic mass is 35.5. The van der Waals surface area contributed by atoms with Crippen LogP contribution in [0.2, 0.25) is 5.02 Å². The van der Waals surface area contributed by atoms with Crippen molar-refractivity contribution in [2.24, 2.45) is 7.05 Å². The van der Waals surface area contributed by atoms with Crippen molar-refractivity contribution >= 4 is 33.2 Å². The van der Waals surface area contributed by atoms with Crippen LogP contribution >= 0.6 is 11.6 Å². The van der Waals surface area contributed by atoms with E-state index in [0.29, 0.717) is 24.7 Å². The zero-order valence-electron chi connectivity index (χ0n) is 21.1. The Bertz CT molecular complexity index is 1330. The third-order valence-corrected chi connectivity index (χ3v) is 8.51. The van der Waals surface area contributed by atoms with Crippen LogP contribution in [0.5, 0.6) is 0 Å². The van der Waals surface area contributed by atoms with Crippen LogP contribution < -0.4 is 4.90 Å². The van der Waals surface area contributed by atoms with Gasteiger partial charge in [-0.05, 0) is 44.0 Å². The lowest BCUT2D eigenvalue weighted by Crippen LogP contribution is -2.49. The summed E-state index contributed by atoms with van der Waals surface area (Å²) in [4.78, 5) is 17.4. The molecule has 0 spiro atoms. The SMILES string of the molecule is Cc1ccc(Cl)cc1N1CCN(S(=O)(=O)c2nn(C)cc2C(=O)N(Cc2ccccc2)C(C)C)CC1. The quantitative estimate of drug-likeness (QED) is 0.463. The number of halogens is 1. The topological polar surface area (TPSA) is 78.8 Å². The first kappa shape index (κ1) is 26.2. The predicted octanol–water partition coefficient (Wildman–Crippen LogP) is 3.94. The summed E-state index contributed by atoms with van der Waals surface area (Å²) >= 11 is 6.19. The van der Waals surface area contributed by atoms with Crippen molar-refractivity contribution in [2.75, 3.05) is 31.1 Å². The fourth-order valence-corrected chi connectivity index (χ4v) is 6.15. The van der Waals surface area contributed by atoms with Gasteiger partial charge in [0.1, 0.15) is 0 Å². The Morgan fingerprint density at radius 2 is 1.75 bits per heavy atom. The highest BCUT2D eigenvalue weighted by molar-refractivity contribution is 7.89. The van der Waals surface area contributed by atoms with E-state index in [2.05, 4.69) is 10.00 Å². The standard InChI is InChI=1S/C26H32ClN5O3S/c1-19(2)32(17-21-8-6-5-7-9-21)26(33)23-18-29(4)28-25(23)36(34,35)31-14-12-30(13-15-31)24-16-22(27)11-10-20(24)3/h5-11,16,18-19H,12-15,17H2,1-4H3. The molecular weight excluding hydrogens is 498 g/mol. The minimum Gasteiger partial charge on any atom is -0.369 e. The van der Waals surface area contributed by atoms with Gasteiger partial charge >= 0.3 is 0 Å². The van der Waals surface area contributed by atoms with E-state index in [-0.39, 0.29) is 35.6 Å². The number of rotatable bonds is 7. The van der Waals surface area contributed by atoms with E-state index in [4.69, 9.17) is 11.6 Å². The average molecular weight is 530 g/mol. The zero-order chi connectivity index (χ0) is 26.0. The maximum atomic E-state index is 13.7. The Hall–Kier alpha value is -2.88. The third-order valence-electron chi connectivity index (χ3n) is 6.44. The van der Waals surface area contributed by atoms with Crippen LogP contribution in [0.3, 0.4) is 0 Å². The Morgan fingerprint density at radius 3 is 2.39 bits per heavy atom. The van der Waals surface area contributed by atoms with Crippen molar-refractivity contribution in [3.63, 3.8) is 0 Å². The first-order chi connectivity index (χ1) is 17.1. The van der Waals surface area contributed by atoms with Gasteiger partial charge in [0.15, 0.2) is 0 Å². The van der Waals surface area contributed by atoms with Crippen molar-refractivity contribution in [1.82, 2.24) is 19.0 Å². The Morgan fingerprint density at radius 1 is 1.08 bits per heavy atom. The molecule has 2 heterocycles. The van der Waals surface area contributed by atoms with Crippen molar-refractivity contribution in [1.29, 1.82) is 0 Å². The minimum atomic E-state index is -3.97. The number of carbonyl (C=O) groups is 1. The summed E-state index contributed by atoms with van der Waals surface area (Å²) in [5, 5.41) is 4.69. The molecular formula is C26H32ClN5O3S. The molecule has 1 aromatic heterocycles. The van der Waals surface area contributed by atoms with Gasteiger partial charge < -0.3 is 9.80 Å². The van der Waals surface area contributed by atoms with Gasteiger partial charge in [-0.15, -0.1) is 0 Å². The molecule has 0 radical (unpaired) electrons. The van der Waals surface area contributed by atoms with Gasteiger partial charge in [0.25, 0.3) is 15.9 Å². The first-order valence-electron chi connectivity index (χ1n) is 12.0. The number of piperazine rings is 1. The molecule has 0 atom stereocenters. The van der Waals surface area contributed by atoms with Crippen molar-refractivity contribution in [2.45, 2.75) is 38.4 Å². The van der Waals surface area contributed by atoms with Gasteiger partial charge in [0.2, 0.25) is 5.03 Å².